The van der Waals surface area contributed by atoms with Crippen LogP contribution in [0, 0.1) is 0 Å². The number of phenols is 1. The minimum atomic E-state index is -0.351. The van der Waals surface area contributed by atoms with E-state index < -0.39 is 0 Å². The van der Waals surface area contributed by atoms with Crippen LogP contribution in [0.15, 0.2) is 65.1 Å². The zero-order valence-corrected chi connectivity index (χ0v) is 15.8. The topological polar surface area (TPSA) is 93.8 Å². The first-order valence-corrected chi connectivity index (χ1v) is 8.81. The van der Waals surface area contributed by atoms with E-state index in [2.05, 4.69) is 10.3 Å². The third kappa shape index (κ3) is 3.70. The molecule has 7 nitrogen and oxygen atoms in total. The van der Waals surface area contributed by atoms with Crippen LogP contribution in [0.4, 0.5) is 5.69 Å². The molecule has 0 aliphatic carbocycles. The summed E-state index contributed by atoms with van der Waals surface area (Å²) < 4.78 is 16.1. The van der Waals surface area contributed by atoms with E-state index in [0.717, 1.165) is 0 Å². The summed E-state index contributed by atoms with van der Waals surface area (Å²) in [5.41, 5.74) is 2.52. The summed E-state index contributed by atoms with van der Waals surface area (Å²) >= 11 is 0. The fraction of sp³-hybridized carbons (Fsp3) is 0.0909. The Hall–Kier alpha value is -4.00. The van der Waals surface area contributed by atoms with Gasteiger partial charge in [-0.3, -0.25) is 4.79 Å². The first-order chi connectivity index (χ1) is 14.1. The molecule has 4 aromatic rings. The highest BCUT2D eigenvalue weighted by Gasteiger charge is 2.15. The average Bonchev–Trinajstić information content (AvgIpc) is 3.18. The summed E-state index contributed by atoms with van der Waals surface area (Å²) in [5.74, 6) is 0.927. The SMILES string of the molecule is COc1cc(OC)cc(C(=O)Nc2ccc(O)c(-c3nc4ccccc4o3)c2)c1. The second-order valence-electron chi connectivity index (χ2n) is 6.27. The molecule has 0 saturated heterocycles. The van der Waals surface area contributed by atoms with Gasteiger partial charge in [-0.15, -0.1) is 0 Å². The lowest BCUT2D eigenvalue weighted by molar-refractivity contribution is 0.102. The van der Waals surface area contributed by atoms with Crippen LogP contribution >= 0.6 is 0 Å². The van der Waals surface area contributed by atoms with Gasteiger partial charge in [-0.05, 0) is 42.5 Å². The number of oxazole rings is 1. The molecule has 0 radical (unpaired) electrons. The molecule has 2 N–H and O–H groups in total. The second kappa shape index (κ2) is 7.55. The van der Waals surface area contributed by atoms with Gasteiger partial charge in [0.05, 0.1) is 19.8 Å². The molecule has 0 aliphatic rings. The Labute approximate surface area is 166 Å². The number of amides is 1. The van der Waals surface area contributed by atoms with Gasteiger partial charge in [0.1, 0.15) is 22.8 Å². The second-order valence-corrected chi connectivity index (χ2v) is 6.27. The molecule has 0 unspecified atom stereocenters. The minimum absolute atomic E-state index is 0.00222. The number of rotatable bonds is 5. The third-order valence-electron chi connectivity index (χ3n) is 4.39. The lowest BCUT2D eigenvalue weighted by Crippen LogP contribution is -2.12. The van der Waals surface area contributed by atoms with Crippen molar-refractivity contribution < 1.29 is 23.8 Å². The van der Waals surface area contributed by atoms with E-state index in [1.807, 2.05) is 18.2 Å². The summed E-state index contributed by atoms with van der Waals surface area (Å²) in [5, 5.41) is 13.1. The van der Waals surface area contributed by atoms with Crippen molar-refractivity contribution in [1.29, 1.82) is 0 Å². The van der Waals surface area contributed by atoms with Gasteiger partial charge in [0.25, 0.3) is 5.91 Å². The molecule has 1 aromatic heterocycles. The Morgan fingerprint density at radius 3 is 2.41 bits per heavy atom. The Balaban J connectivity index is 1.65. The number of aromatic hydroxyl groups is 1. The average molecular weight is 390 g/mol. The van der Waals surface area contributed by atoms with Gasteiger partial charge in [0.15, 0.2) is 5.58 Å². The largest absolute Gasteiger partial charge is 0.507 e. The van der Waals surface area contributed by atoms with E-state index >= 15 is 0 Å². The molecule has 1 amide bonds. The van der Waals surface area contributed by atoms with E-state index in [4.69, 9.17) is 13.9 Å². The molecule has 4 rings (SSSR count). The smallest absolute Gasteiger partial charge is 0.255 e. The van der Waals surface area contributed by atoms with Crippen molar-refractivity contribution in [1.82, 2.24) is 4.98 Å². The highest BCUT2D eigenvalue weighted by atomic mass is 16.5. The molecular formula is C22H18N2O5. The molecule has 7 heteroatoms. The quantitative estimate of drug-likeness (QED) is 0.488. The van der Waals surface area contributed by atoms with Crippen molar-refractivity contribution in [2.24, 2.45) is 0 Å². The summed E-state index contributed by atoms with van der Waals surface area (Å²) in [6.45, 7) is 0. The van der Waals surface area contributed by atoms with Crippen LogP contribution in [-0.2, 0) is 0 Å². The van der Waals surface area contributed by atoms with Crippen molar-refractivity contribution in [3.05, 3.63) is 66.2 Å². The van der Waals surface area contributed by atoms with Gasteiger partial charge in [-0.1, -0.05) is 12.1 Å². The zero-order chi connectivity index (χ0) is 20.4. The number of aromatic nitrogens is 1. The molecule has 0 saturated carbocycles. The Morgan fingerprint density at radius 1 is 1.00 bits per heavy atom. The molecule has 0 bridgehead atoms. The molecule has 29 heavy (non-hydrogen) atoms. The van der Waals surface area contributed by atoms with Gasteiger partial charge in [0, 0.05) is 17.3 Å². The highest BCUT2D eigenvalue weighted by molar-refractivity contribution is 6.05. The predicted molar refractivity (Wildman–Crippen MR) is 109 cm³/mol. The van der Waals surface area contributed by atoms with Crippen LogP contribution in [0.2, 0.25) is 0 Å². The zero-order valence-electron chi connectivity index (χ0n) is 15.8. The number of para-hydroxylation sites is 2. The summed E-state index contributed by atoms with van der Waals surface area (Å²) in [7, 11) is 3.03. The van der Waals surface area contributed by atoms with Gasteiger partial charge < -0.3 is 24.3 Å². The lowest BCUT2D eigenvalue weighted by Gasteiger charge is -2.10. The van der Waals surface area contributed by atoms with Crippen LogP contribution in [0.25, 0.3) is 22.6 Å². The molecule has 0 spiro atoms. The number of benzene rings is 3. The molecule has 0 fully saturated rings. The maximum Gasteiger partial charge on any atom is 0.255 e. The number of carbonyl (C=O) groups excluding carboxylic acids is 1. The van der Waals surface area contributed by atoms with Crippen LogP contribution in [0.3, 0.4) is 0 Å². The van der Waals surface area contributed by atoms with E-state index in [9.17, 15) is 9.90 Å². The van der Waals surface area contributed by atoms with E-state index in [0.29, 0.717) is 39.4 Å². The minimum Gasteiger partial charge on any atom is -0.507 e. The number of anilines is 1. The number of nitrogens with zero attached hydrogens (tertiary/aromatic N) is 1. The lowest BCUT2D eigenvalue weighted by atomic mass is 10.1. The van der Waals surface area contributed by atoms with E-state index in [1.54, 1.807) is 36.4 Å². The Bertz CT molecular complexity index is 1140. The van der Waals surface area contributed by atoms with Crippen LogP contribution in [0.5, 0.6) is 17.2 Å². The number of carbonyl (C=O) groups is 1. The predicted octanol–water partition coefficient (Wildman–Crippen LogP) is 4.47. The Kier molecular flexibility index (Phi) is 4.78. The number of nitrogens with one attached hydrogen (secondary N) is 1. The highest BCUT2D eigenvalue weighted by Crippen LogP contribution is 2.33. The molecule has 1 heterocycles. The third-order valence-corrected chi connectivity index (χ3v) is 4.39. The van der Waals surface area contributed by atoms with Crippen LogP contribution in [0.1, 0.15) is 10.4 Å². The number of hydrogen-bond donors (Lipinski definition) is 2. The fourth-order valence-corrected chi connectivity index (χ4v) is 2.91. The molecule has 146 valence electrons. The van der Waals surface area contributed by atoms with Gasteiger partial charge in [0.2, 0.25) is 5.89 Å². The Morgan fingerprint density at radius 2 is 1.72 bits per heavy atom. The first kappa shape index (κ1) is 18.4. The van der Waals surface area contributed by atoms with E-state index in [-0.39, 0.29) is 17.5 Å². The van der Waals surface area contributed by atoms with Crippen LogP contribution in [-0.4, -0.2) is 30.2 Å². The van der Waals surface area contributed by atoms with Gasteiger partial charge >= 0.3 is 0 Å². The van der Waals surface area contributed by atoms with Gasteiger partial charge in [-0.2, -0.15) is 0 Å². The number of fused-ring (bicyclic) bond motifs is 1. The number of methoxy groups -OCH3 is 2. The fourth-order valence-electron chi connectivity index (χ4n) is 2.91. The summed E-state index contributed by atoms with van der Waals surface area (Å²) in [6, 6.07) is 16.9. The summed E-state index contributed by atoms with van der Waals surface area (Å²) in [6.07, 6.45) is 0. The maximum absolute atomic E-state index is 12.7. The van der Waals surface area contributed by atoms with Crippen molar-refractivity contribution in [2.75, 3.05) is 19.5 Å². The van der Waals surface area contributed by atoms with Crippen LogP contribution < -0.4 is 14.8 Å². The monoisotopic (exact) mass is 390 g/mol. The van der Waals surface area contributed by atoms with Crippen molar-refractivity contribution in [2.45, 2.75) is 0 Å². The number of hydrogen-bond acceptors (Lipinski definition) is 6. The molecular weight excluding hydrogens is 372 g/mol. The normalized spacial score (nSPS) is 10.7. The van der Waals surface area contributed by atoms with Crippen molar-refractivity contribution >= 4 is 22.7 Å². The standard InChI is InChI=1S/C22H18N2O5/c1-27-15-9-13(10-16(12-15)28-2)21(26)23-14-7-8-19(25)17(11-14)22-24-18-5-3-4-6-20(18)29-22/h3-12,25H,1-2H3,(H,23,26). The number of phenolic OH excluding ortho intramolecular Hbond substituents is 1. The number of ether oxygens (including phenoxy) is 2. The van der Waals surface area contributed by atoms with Crippen molar-refractivity contribution in [3.8, 4) is 28.7 Å². The van der Waals surface area contributed by atoms with Crippen molar-refractivity contribution in [3.63, 3.8) is 0 Å². The summed E-state index contributed by atoms with van der Waals surface area (Å²) in [4.78, 5) is 17.1. The first-order valence-electron chi connectivity index (χ1n) is 8.81. The molecule has 3 aromatic carbocycles. The molecule has 0 aliphatic heterocycles. The van der Waals surface area contributed by atoms with Gasteiger partial charge in [-0.25, -0.2) is 4.98 Å². The molecule has 0 atom stereocenters. The maximum atomic E-state index is 12.7. The van der Waals surface area contributed by atoms with E-state index in [1.165, 1.54) is 20.3 Å².